The molecule has 26 heavy (non-hydrogen) atoms. The number of amides is 2. The van der Waals surface area contributed by atoms with Crippen LogP contribution in [0.15, 0.2) is 18.3 Å². The predicted octanol–water partition coefficient (Wildman–Crippen LogP) is 2.39. The number of ether oxygens (including phenoxy) is 1. The summed E-state index contributed by atoms with van der Waals surface area (Å²) < 4.78 is 5.07. The van der Waals surface area contributed by atoms with E-state index in [2.05, 4.69) is 10.3 Å². The molecule has 3 aliphatic rings. The highest BCUT2D eigenvalue weighted by Crippen LogP contribution is 2.61. The van der Waals surface area contributed by atoms with Crippen LogP contribution < -0.4 is 10.1 Å². The van der Waals surface area contributed by atoms with Gasteiger partial charge in [-0.2, -0.15) is 0 Å². The van der Waals surface area contributed by atoms with Crippen molar-refractivity contribution in [2.75, 3.05) is 20.2 Å². The number of nitrogens with zero attached hydrogens (tertiary/aromatic N) is 2. The number of carbonyl (C=O) groups excluding carboxylic acids is 2. The number of hydrogen-bond donors (Lipinski definition) is 1. The summed E-state index contributed by atoms with van der Waals surface area (Å²) in [6.45, 7) is 3.32. The molecule has 2 atom stereocenters. The van der Waals surface area contributed by atoms with Gasteiger partial charge in [-0.3, -0.25) is 9.59 Å². The molecule has 4 rings (SSSR count). The molecule has 0 aromatic carbocycles. The molecule has 1 saturated heterocycles. The van der Waals surface area contributed by atoms with E-state index in [1.54, 1.807) is 19.2 Å². The van der Waals surface area contributed by atoms with Crippen LogP contribution in [0.2, 0.25) is 0 Å². The first-order chi connectivity index (χ1) is 12.4. The number of pyridine rings is 1. The summed E-state index contributed by atoms with van der Waals surface area (Å²) in [5.74, 6) is 0.935. The number of aromatic nitrogens is 1. The van der Waals surface area contributed by atoms with Gasteiger partial charge in [-0.15, -0.1) is 0 Å². The van der Waals surface area contributed by atoms with Crippen molar-refractivity contribution in [3.63, 3.8) is 0 Å². The zero-order valence-corrected chi connectivity index (χ0v) is 15.6. The van der Waals surface area contributed by atoms with E-state index in [9.17, 15) is 9.59 Å². The lowest BCUT2D eigenvalue weighted by atomic mass is 9.91. The highest BCUT2D eigenvalue weighted by atomic mass is 16.5. The first-order valence-electron chi connectivity index (χ1n) is 9.56. The fraction of sp³-hybridized carbons (Fsp3) is 0.650. The van der Waals surface area contributed by atoms with Crippen LogP contribution in [0.1, 0.15) is 55.9 Å². The van der Waals surface area contributed by atoms with Crippen molar-refractivity contribution < 1.29 is 14.3 Å². The van der Waals surface area contributed by atoms with E-state index in [0.717, 1.165) is 19.4 Å². The quantitative estimate of drug-likeness (QED) is 0.898. The molecule has 2 aliphatic carbocycles. The van der Waals surface area contributed by atoms with Crippen molar-refractivity contribution in [3.05, 3.63) is 24.0 Å². The van der Waals surface area contributed by atoms with E-state index >= 15 is 0 Å². The third-order valence-corrected chi connectivity index (χ3v) is 6.50. The summed E-state index contributed by atoms with van der Waals surface area (Å²) in [6.07, 6.45) is 8.18. The average molecular weight is 357 g/mol. The lowest BCUT2D eigenvalue weighted by Gasteiger charge is -2.28. The number of hydrogen-bond acceptors (Lipinski definition) is 4. The van der Waals surface area contributed by atoms with E-state index in [1.165, 1.54) is 31.9 Å². The Morgan fingerprint density at radius 2 is 2.08 bits per heavy atom. The van der Waals surface area contributed by atoms with Gasteiger partial charge in [0.25, 0.3) is 5.91 Å². The average Bonchev–Trinajstić information content (AvgIpc) is 3.12. The zero-order valence-electron chi connectivity index (χ0n) is 15.6. The molecule has 2 amide bonds. The van der Waals surface area contributed by atoms with Gasteiger partial charge >= 0.3 is 0 Å². The Balaban J connectivity index is 1.38. The molecule has 1 N–H and O–H groups in total. The van der Waals surface area contributed by atoms with E-state index < -0.39 is 5.54 Å². The van der Waals surface area contributed by atoms with Crippen LogP contribution in [0.5, 0.6) is 5.75 Å². The van der Waals surface area contributed by atoms with Crippen LogP contribution in [0.25, 0.3) is 0 Å². The molecule has 0 radical (unpaired) electrons. The second-order valence-electron chi connectivity index (χ2n) is 8.42. The van der Waals surface area contributed by atoms with Crippen LogP contribution in [0, 0.1) is 11.3 Å². The van der Waals surface area contributed by atoms with E-state index in [-0.39, 0.29) is 11.8 Å². The Kier molecular flexibility index (Phi) is 4.16. The Labute approximate surface area is 154 Å². The van der Waals surface area contributed by atoms with Gasteiger partial charge in [0, 0.05) is 19.0 Å². The fourth-order valence-electron chi connectivity index (χ4n) is 4.73. The minimum absolute atomic E-state index is 0.205. The van der Waals surface area contributed by atoms with Crippen LogP contribution in [0.3, 0.4) is 0 Å². The predicted molar refractivity (Wildman–Crippen MR) is 96.9 cm³/mol. The second-order valence-corrected chi connectivity index (χ2v) is 8.42. The van der Waals surface area contributed by atoms with Gasteiger partial charge < -0.3 is 15.0 Å². The van der Waals surface area contributed by atoms with Crippen molar-refractivity contribution in [1.82, 2.24) is 15.2 Å². The molecule has 1 spiro atoms. The summed E-state index contributed by atoms with van der Waals surface area (Å²) in [5.41, 5.74) is 0.292. The van der Waals surface area contributed by atoms with Gasteiger partial charge in [0.1, 0.15) is 11.4 Å². The van der Waals surface area contributed by atoms with Crippen molar-refractivity contribution in [2.45, 2.75) is 51.0 Å². The summed E-state index contributed by atoms with van der Waals surface area (Å²) in [4.78, 5) is 31.7. The topological polar surface area (TPSA) is 71.5 Å². The molecule has 1 aromatic rings. The van der Waals surface area contributed by atoms with Gasteiger partial charge in [0.15, 0.2) is 0 Å². The van der Waals surface area contributed by atoms with Crippen molar-refractivity contribution in [2.24, 2.45) is 11.3 Å². The standard InChI is InChI=1S/C20H27N3O3/c1-19(22-17(24)16-6-5-14(26-2)12-21-16)10-11-23(13-19)18(25)15-4-3-7-20(15)8-9-20/h5-6,12,15H,3-4,7-11,13H2,1-2H3,(H,22,24). The summed E-state index contributed by atoms with van der Waals surface area (Å²) in [6, 6.07) is 3.38. The number of rotatable bonds is 4. The van der Waals surface area contributed by atoms with Gasteiger partial charge in [0.05, 0.1) is 18.8 Å². The lowest BCUT2D eigenvalue weighted by Crippen LogP contribution is -2.49. The van der Waals surface area contributed by atoms with Crippen molar-refractivity contribution >= 4 is 11.8 Å². The third kappa shape index (κ3) is 3.06. The molecular weight excluding hydrogens is 330 g/mol. The van der Waals surface area contributed by atoms with Crippen LogP contribution in [0.4, 0.5) is 0 Å². The molecule has 2 unspecified atom stereocenters. The molecular formula is C20H27N3O3. The Morgan fingerprint density at radius 1 is 1.27 bits per heavy atom. The van der Waals surface area contributed by atoms with E-state index in [1.807, 2.05) is 11.8 Å². The minimum Gasteiger partial charge on any atom is -0.495 e. The second kappa shape index (κ2) is 6.25. The largest absolute Gasteiger partial charge is 0.495 e. The lowest BCUT2D eigenvalue weighted by molar-refractivity contribution is -0.136. The third-order valence-electron chi connectivity index (χ3n) is 6.50. The normalized spacial score (nSPS) is 29.0. The summed E-state index contributed by atoms with van der Waals surface area (Å²) >= 11 is 0. The van der Waals surface area contributed by atoms with Crippen LogP contribution in [-0.4, -0.2) is 47.4 Å². The van der Waals surface area contributed by atoms with Crippen molar-refractivity contribution in [3.8, 4) is 5.75 Å². The number of likely N-dealkylation sites (tertiary alicyclic amines) is 1. The molecule has 6 nitrogen and oxygen atoms in total. The van der Waals surface area contributed by atoms with Gasteiger partial charge in [-0.25, -0.2) is 4.98 Å². The van der Waals surface area contributed by atoms with Gasteiger partial charge in [-0.05, 0) is 56.6 Å². The monoisotopic (exact) mass is 357 g/mol. The summed E-state index contributed by atoms with van der Waals surface area (Å²) in [5, 5.41) is 3.08. The Morgan fingerprint density at radius 3 is 2.73 bits per heavy atom. The first-order valence-corrected chi connectivity index (χ1v) is 9.56. The minimum atomic E-state index is -0.399. The molecule has 1 aliphatic heterocycles. The molecule has 140 valence electrons. The molecule has 6 heteroatoms. The molecule has 3 fully saturated rings. The van der Waals surface area contributed by atoms with E-state index in [4.69, 9.17) is 4.74 Å². The molecule has 2 heterocycles. The number of carbonyl (C=O) groups is 2. The van der Waals surface area contributed by atoms with Crippen molar-refractivity contribution in [1.29, 1.82) is 0 Å². The summed E-state index contributed by atoms with van der Waals surface area (Å²) in [7, 11) is 1.57. The maximum absolute atomic E-state index is 13.0. The maximum Gasteiger partial charge on any atom is 0.270 e. The van der Waals surface area contributed by atoms with Crippen LogP contribution in [-0.2, 0) is 4.79 Å². The molecule has 1 aromatic heterocycles. The highest BCUT2D eigenvalue weighted by Gasteiger charge is 2.56. The van der Waals surface area contributed by atoms with Gasteiger partial charge in [-0.1, -0.05) is 6.42 Å². The Bertz CT molecular complexity index is 714. The smallest absolute Gasteiger partial charge is 0.270 e. The fourth-order valence-corrected chi connectivity index (χ4v) is 4.73. The van der Waals surface area contributed by atoms with Crippen LogP contribution >= 0.6 is 0 Å². The molecule has 0 bridgehead atoms. The first kappa shape index (κ1) is 17.3. The SMILES string of the molecule is COc1ccc(C(=O)NC2(C)CCN(C(=O)C3CCCC34CC4)C2)nc1. The zero-order chi connectivity index (χ0) is 18.4. The Hall–Kier alpha value is -2.11. The maximum atomic E-state index is 13.0. The van der Waals surface area contributed by atoms with E-state index in [0.29, 0.717) is 29.3 Å². The number of nitrogens with one attached hydrogen (secondary N) is 1. The number of methoxy groups -OCH3 is 1. The van der Waals surface area contributed by atoms with Gasteiger partial charge in [0.2, 0.25) is 5.91 Å². The molecule has 2 saturated carbocycles. The highest BCUT2D eigenvalue weighted by molar-refractivity contribution is 5.93.